The number of carbonyl (C=O) groups is 1. The Morgan fingerprint density at radius 2 is 2.17 bits per heavy atom. The monoisotopic (exact) mass is 268 g/mol. The number of hydrogen-bond donors (Lipinski definition) is 1. The summed E-state index contributed by atoms with van der Waals surface area (Å²) in [6, 6.07) is 1.73. The van der Waals surface area contributed by atoms with E-state index < -0.39 is 11.4 Å². The Kier molecular flexibility index (Phi) is 2.45. The van der Waals surface area contributed by atoms with Gasteiger partial charge in [0, 0.05) is 5.56 Å². The van der Waals surface area contributed by atoms with E-state index in [9.17, 15) is 9.90 Å². The van der Waals surface area contributed by atoms with Gasteiger partial charge in [-0.3, -0.25) is 4.79 Å². The van der Waals surface area contributed by atoms with Crippen LogP contribution >= 0.6 is 11.6 Å². The van der Waals surface area contributed by atoms with E-state index in [0.29, 0.717) is 34.9 Å². The van der Waals surface area contributed by atoms with Crippen LogP contribution in [0, 0.1) is 6.92 Å². The van der Waals surface area contributed by atoms with Gasteiger partial charge >= 0.3 is 5.97 Å². The molecule has 0 unspecified atom stereocenters. The topological polar surface area (TPSA) is 55.8 Å². The Balaban J connectivity index is 2.19. The molecule has 5 heteroatoms. The molecule has 1 aromatic rings. The number of ether oxygens (including phenoxy) is 2. The van der Waals surface area contributed by atoms with E-state index in [1.807, 2.05) is 6.92 Å². The molecule has 1 aromatic carbocycles. The number of aliphatic carboxylic acids is 1. The van der Waals surface area contributed by atoms with E-state index in [4.69, 9.17) is 21.1 Å². The summed E-state index contributed by atoms with van der Waals surface area (Å²) in [5.74, 6) is 0.414. The first-order valence-corrected chi connectivity index (χ1v) is 6.26. The first kappa shape index (κ1) is 11.7. The van der Waals surface area contributed by atoms with Gasteiger partial charge in [0.2, 0.25) is 6.79 Å². The maximum absolute atomic E-state index is 11.5. The van der Waals surface area contributed by atoms with Crippen LogP contribution in [0.3, 0.4) is 0 Å². The third kappa shape index (κ3) is 1.35. The smallest absolute Gasteiger partial charge is 0.314 e. The maximum Gasteiger partial charge on any atom is 0.314 e. The minimum atomic E-state index is -0.844. The van der Waals surface area contributed by atoms with Crippen molar-refractivity contribution >= 4 is 17.6 Å². The molecule has 0 spiro atoms. The predicted molar refractivity (Wildman–Crippen MR) is 65.5 cm³/mol. The highest BCUT2D eigenvalue weighted by molar-refractivity contribution is 6.32. The highest BCUT2D eigenvalue weighted by Crippen LogP contribution is 2.51. The van der Waals surface area contributed by atoms with E-state index >= 15 is 0 Å². The summed E-state index contributed by atoms with van der Waals surface area (Å²) >= 11 is 6.32. The Morgan fingerprint density at radius 1 is 1.44 bits per heavy atom. The average Bonchev–Trinajstić information content (AvgIpc) is 2.71. The van der Waals surface area contributed by atoms with Crippen LogP contribution in [-0.4, -0.2) is 17.9 Å². The molecule has 3 rings (SSSR count). The Bertz CT molecular complexity index is 534. The molecule has 0 saturated heterocycles. The zero-order valence-electron chi connectivity index (χ0n) is 9.96. The number of carboxylic acids is 1. The van der Waals surface area contributed by atoms with Gasteiger partial charge in [-0.15, -0.1) is 0 Å². The van der Waals surface area contributed by atoms with Gasteiger partial charge in [0.05, 0.1) is 10.4 Å². The van der Waals surface area contributed by atoms with Gasteiger partial charge in [0.25, 0.3) is 0 Å². The van der Waals surface area contributed by atoms with Crippen molar-refractivity contribution in [1.82, 2.24) is 0 Å². The number of hydrogen-bond acceptors (Lipinski definition) is 3. The van der Waals surface area contributed by atoms with E-state index in [1.165, 1.54) is 0 Å². The number of fused-ring (bicyclic) bond motifs is 1. The standard InChI is InChI=1S/C13H13ClO4/c1-7-10(14)8(5-9-11(7)18-6-17-9)13(12(15)16)3-2-4-13/h5H,2-4,6H2,1H3,(H,15,16). The lowest BCUT2D eigenvalue weighted by atomic mass is 9.64. The molecule has 1 aliphatic carbocycles. The van der Waals surface area contributed by atoms with Crippen molar-refractivity contribution in [1.29, 1.82) is 0 Å². The molecule has 96 valence electrons. The molecule has 2 aliphatic rings. The quantitative estimate of drug-likeness (QED) is 0.896. The molecule has 0 atom stereocenters. The normalized spacial score (nSPS) is 19.4. The summed E-state index contributed by atoms with van der Waals surface area (Å²) in [5.41, 5.74) is 0.571. The van der Waals surface area contributed by atoms with Crippen LogP contribution in [0.15, 0.2) is 6.07 Å². The summed E-state index contributed by atoms with van der Waals surface area (Å²) in [7, 11) is 0. The second kappa shape index (κ2) is 3.79. The maximum atomic E-state index is 11.5. The molecule has 1 aliphatic heterocycles. The highest BCUT2D eigenvalue weighted by Gasteiger charge is 2.48. The first-order chi connectivity index (χ1) is 8.56. The van der Waals surface area contributed by atoms with Crippen molar-refractivity contribution in [3.63, 3.8) is 0 Å². The lowest BCUT2D eigenvalue weighted by molar-refractivity contribution is -0.147. The summed E-state index contributed by atoms with van der Waals surface area (Å²) in [5, 5.41) is 9.96. The van der Waals surface area contributed by atoms with Crippen LogP contribution < -0.4 is 9.47 Å². The van der Waals surface area contributed by atoms with Crippen molar-refractivity contribution in [2.45, 2.75) is 31.6 Å². The summed E-state index contributed by atoms with van der Waals surface area (Å²) < 4.78 is 10.7. The Labute approximate surface area is 109 Å². The largest absolute Gasteiger partial charge is 0.481 e. The van der Waals surface area contributed by atoms with E-state index in [1.54, 1.807) is 6.07 Å². The second-order valence-electron chi connectivity index (χ2n) is 4.84. The van der Waals surface area contributed by atoms with Gasteiger partial charge in [0.1, 0.15) is 0 Å². The fourth-order valence-corrected chi connectivity index (χ4v) is 2.98. The van der Waals surface area contributed by atoms with Gasteiger partial charge in [-0.2, -0.15) is 0 Å². The summed E-state index contributed by atoms with van der Waals surface area (Å²) in [6.45, 7) is 1.99. The van der Waals surface area contributed by atoms with Crippen molar-refractivity contribution in [3.05, 3.63) is 22.2 Å². The molecule has 0 radical (unpaired) electrons. The van der Waals surface area contributed by atoms with Crippen molar-refractivity contribution < 1.29 is 19.4 Å². The molecule has 1 fully saturated rings. The molecule has 1 heterocycles. The second-order valence-corrected chi connectivity index (χ2v) is 5.22. The number of halogens is 1. The number of carboxylic acid groups (broad SMARTS) is 1. The molecular weight excluding hydrogens is 256 g/mol. The molecule has 0 amide bonds. The van der Waals surface area contributed by atoms with E-state index in [-0.39, 0.29) is 6.79 Å². The van der Waals surface area contributed by atoms with Crippen LogP contribution in [0.2, 0.25) is 5.02 Å². The van der Waals surface area contributed by atoms with Gasteiger partial charge in [-0.1, -0.05) is 18.0 Å². The number of rotatable bonds is 2. The summed E-state index contributed by atoms with van der Waals surface area (Å²) in [4.78, 5) is 11.5. The minimum absolute atomic E-state index is 0.163. The fraction of sp³-hybridized carbons (Fsp3) is 0.462. The molecular formula is C13H13ClO4. The third-order valence-electron chi connectivity index (χ3n) is 3.96. The van der Waals surface area contributed by atoms with Gasteiger partial charge in [-0.05, 0) is 31.4 Å². The van der Waals surface area contributed by atoms with Gasteiger partial charge in [-0.25, -0.2) is 0 Å². The zero-order chi connectivity index (χ0) is 12.9. The predicted octanol–water partition coefficient (Wildman–Crippen LogP) is 2.88. The van der Waals surface area contributed by atoms with Crippen molar-refractivity contribution in [2.75, 3.05) is 6.79 Å². The van der Waals surface area contributed by atoms with Crippen LogP contribution in [0.25, 0.3) is 0 Å². The van der Waals surface area contributed by atoms with Crippen LogP contribution in [0.4, 0.5) is 0 Å². The lowest BCUT2D eigenvalue weighted by Crippen LogP contribution is -2.42. The first-order valence-electron chi connectivity index (χ1n) is 5.89. The lowest BCUT2D eigenvalue weighted by Gasteiger charge is -2.39. The van der Waals surface area contributed by atoms with Crippen molar-refractivity contribution in [3.8, 4) is 11.5 Å². The Morgan fingerprint density at radius 3 is 2.72 bits per heavy atom. The van der Waals surface area contributed by atoms with E-state index in [0.717, 1.165) is 12.0 Å². The molecule has 18 heavy (non-hydrogen) atoms. The van der Waals surface area contributed by atoms with Crippen LogP contribution in [0.1, 0.15) is 30.4 Å². The molecule has 1 saturated carbocycles. The highest BCUT2D eigenvalue weighted by atomic mass is 35.5. The van der Waals surface area contributed by atoms with E-state index in [2.05, 4.69) is 0 Å². The van der Waals surface area contributed by atoms with Crippen LogP contribution in [-0.2, 0) is 10.2 Å². The Hall–Kier alpha value is -1.42. The molecule has 1 N–H and O–H groups in total. The summed E-state index contributed by atoms with van der Waals surface area (Å²) in [6.07, 6.45) is 2.17. The minimum Gasteiger partial charge on any atom is -0.481 e. The van der Waals surface area contributed by atoms with Gasteiger partial charge < -0.3 is 14.6 Å². The van der Waals surface area contributed by atoms with Gasteiger partial charge in [0.15, 0.2) is 11.5 Å². The van der Waals surface area contributed by atoms with Crippen molar-refractivity contribution in [2.24, 2.45) is 0 Å². The average molecular weight is 269 g/mol. The molecule has 0 aromatic heterocycles. The third-order valence-corrected chi connectivity index (χ3v) is 4.44. The zero-order valence-corrected chi connectivity index (χ0v) is 10.7. The molecule has 0 bridgehead atoms. The SMILES string of the molecule is Cc1c(Cl)c(C2(C(=O)O)CCC2)cc2c1OCO2. The fourth-order valence-electron chi connectivity index (χ4n) is 2.66. The van der Waals surface area contributed by atoms with Crippen LogP contribution in [0.5, 0.6) is 11.5 Å². The number of benzene rings is 1. The molecule has 4 nitrogen and oxygen atoms in total.